The molecule has 2 aromatic heterocycles. The maximum Gasteiger partial charge on any atom is 0.272 e. The molecular weight excluding hydrogens is 386 g/mol. The molecule has 2 amide bonds. The van der Waals surface area contributed by atoms with Crippen LogP contribution in [0.25, 0.3) is 16.5 Å². The van der Waals surface area contributed by atoms with Crippen molar-refractivity contribution in [2.45, 2.75) is 0 Å². The lowest BCUT2D eigenvalue weighted by molar-refractivity contribution is -0.115. The zero-order valence-corrected chi connectivity index (χ0v) is 15.6. The number of aromatic nitrogens is 3. The summed E-state index contributed by atoms with van der Waals surface area (Å²) in [5.74, 6) is -0.941. The van der Waals surface area contributed by atoms with Gasteiger partial charge in [0.25, 0.3) is 17.0 Å². The van der Waals surface area contributed by atoms with Crippen LogP contribution >= 0.6 is 0 Å². The van der Waals surface area contributed by atoms with Gasteiger partial charge in [0.2, 0.25) is 5.91 Å². The van der Waals surface area contributed by atoms with Crippen LogP contribution in [0.5, 0.6) is 0 Å². The van der Waals surface area contributed by atoms with E-state index in [1.54, 1.807) is 24.3 Å². The fourth-order valence-electron chi connectivity index (χ4n) is 3.11. The SMILES string of the molecule is O=C(CNC(=O)c1cccc(-n2cccc2)c1)Nc1cccc2c(=O)[nH][nH]c(=O)c12. The number of aromatic amines is 2. The van der Waals surface area contributed by atoms with Crippen LogP contribution in [0.3, 0.4) is 0 Å². The Morgan fingerprint density at radius 3 is 2.43 bits per heavy atom. The fourth-order valence-corrected chi connectivity index (χ4v) is 3.11. The van der Waals surface area contributed by atoms with Gasteiger partial charge < -0.3 is 15.2 Å². The Balaban J connectivity index is 1.46. The number of fused-ring (bicyclic) bond motifs is 1. The summed E-state index contributed by atoms with van der Waals surface area (Å²) in [6.45, 7) is -0.302. The van der Waals surface area contributed by atoms with Gasteiger partial charge in [-0.1, -0.05) is 12.1 Å². The van der Waals surface area contributed by atoms with Gasteiger partial charge >= 0.3 is 0 Å². The number of nitrogens with one attached hydrogen (secondary N) is 4. The quantitative estimate of drug-likeness (QED) is 0.401. The fraction of sp³-hybridized carbons (Fsp3) is 0.0476. The van der Waals surface area contributed by atoms with E-state index in [1.807, 2.05) is 35.2 Å². The first-order chi connectivity index (χ1) is 14.5. The molecule has 0 aliphatic heterocycles. The van der Waals surface area contributed by atoms with E-state index in [0.717, 1.165) is 5.69 Å². The van der Waals surface area contributed by atoms with Crippen LogP contribution in [0, 0.1) is 0 Å². The lowest BCUT2D eigenvalue weighted by Crippen LogP contribution is -2.33. The summed E-state index contributed by atoms with van der Waals surface area (Å²) < 4.78 is 1.86. The number of hydrogen-bond donors (Lipinski definition) is 4. The molecular formula is C21H17N5O4. The summed E-state index contributed by atoms with van der Waals surface area (Å²) in [6.07, 6.45) is 3.73. The highest BCUT2D eigenvalue weighted by molar-refractivity contribution is 6.04. The van der Waals surface area contributed by atoms with Gasteiger partial charge in [0, 0.05) is 23.6 Å². The zero-order valence-electron chi connectivity index (χ0n) is 15.6. The van der Waals surface area contributed by atoms with Gasteiger partial charge in [-0.05, 0) is 42.5 Å². The van der Waals surface area contributed by atoms with Crippen LogP contribution in [-0.4, -0.2) is 33.1 Å². The second-order valence-electron chi connectivity index (χ2n) is 6.51. The van der Waals surface area contributed by atoms with Crippen LogP contribution in [0.15, 0.2) is 76.6 Å². The van der Waals surface area contributed by atoms with Gasteiger partial charge in [0.1, 0.15) is 0 Å². The summed E-state index contributed by atoms with van der Waals surface area (Å²) >= 11 is 0. The van der Waals surface area contributed by atoms with Gasteiger partial charge in [-0.15, -0.1) is 0 Å². The molecule has 4 rings (SSSR count). The predicted octanol–water partition coefficient (Wildman–Crippen LogP) is 1.38. The van der Waals surface area contributed by atoms with E-state index in [0.29, 0.717) is 5.56 Å². The highest BCUT2D eigenvalue weighted by Gasteiger charge is 2.13. The normalized spacial score (nSPS) is 10.7. The number of anilines is 1. The standard InChI is InChI=1S/C21H17N5O4/c27-17(23-16-8-4-7-15-18(16)21(30)25-24-20(15)29)12-22-19(28)13-5-3-6-14(11-13)26-9-1-2-10-26/h1-11H,12H2,(H,22,28)(H,23,27)(H,24,29)(H,25,30). The third kappa shape index (κ3) is 3.76. The van der Waals surface area contributed by atoms with Crippen molar-refractivity contribution >= 4 is 28.3 Å². The molecule has 9 heteroatoms. The number of H-pyrrole nitrogens is 2. The highest BCUT2D eigenvalue weighted by Crippen LogP contribution is 2.16. The topological polar surface area (TPSA) is 129 Å². The number of benzene rings is 2. The molecule has 0 unspecified atom stereocenters. The van der Waals surface area contributed by atoms with Crippen molar-refractivity contribution in [2.24, 2.45) is 0 Å². The summed E-state index contributed by atoms with van der Waals surface area (Å²) in [6, 6.07) is 15.3. The first-order valence-corrected chi connectivity index (χ1v) is 9.08. The van der Waals surface area contributed by atoms with Gasteiger partial charge in [-0.2, -0.15) is 0 Å². The minimum absolute atomic E-state index is 0.0698. The molecule has 9 nitrogen and oxygen atoms in total. The van der Waals surface area contributed by atoms with E-state index in [9.17, 15) is 19.2 Å². The van der Waals surface area contributed by atoms with E-state index in [4.69, 9.17) is 0 Å². The minimum atomic E-state index is -0.536. The predicted molar refractivity (Wildman–Crippen MR) is 112 cm³/mol. The monoisotopic (exact) mass is 403 g/mol. The molecule has 4 aromatic rings. The Kier molecular flexibility index (Phi) is 5.00. The van der Waals surface area contributed by atoms with Crippen molar-refractivity contribution in [3.8, 4) is 5.69 Å². The first kappa shape index (κ1) is 18.9. The maximum absolute atomic E-state index is 12.4. The third-order valence-electron chi connectivity index (χ3n) is 4.52. The summed E-state index contributed by atoms with van der Waals surface area (Å²) in [5.41, 5.74) is 0.399. The molecule has 0 atom stereocenters. The zero-order chi connectivity index (χ0) is 21.1. The Bertz CT molecular complexity index is 1350. The number of carbonyl (C=O) groups excluding carboxylic acids is 2. The molecule has 0 saturated heterocycles. The minimum Gasteiger partial charge on any atom is -0.343 e. The molecule has 4 N–H and O–H groups in total. The number of hydrogen-bond acceptors (Lipinski definition) is 4. The molecule has 30 heavy (non-hydrogen) atoms. The van der Waals surface area contributed by atoms with E-state index >= 15 is 0 Å². The average molecular weight is 403 g/mol. The Morgan fingerprint density at radius 2 is 1.63 bits per heavy atom. The Labute approximate surface area is 169 Å². The average Bonchev–Trinajstić information content (AvgIpc) is 3.30. The van der Waals surface area contributed by atoms with Gasteiger partial charge in [0.15, 0.2) is 0 Å². The lowest BCUT2D eigenvalue weighted by Gasteiger charge is -2.10. The van der Waals surface area contributed by atoms with Crippen LogP contribution in [0.1, 0.15) is 10.4 Å². The third-order valence-corrected chi connectivity index (χ3v) is 4.52. The molecule has 150 valence electrons. The van der Waals surface area contributed by atoms with Crippen molar-refractivity contribution < 1.29 is 9.59 Å². The van der Waals surface area contributed by atoms with Crippen molar-refractivity contribution in [3.63, 3.8) is 0 Å². The van der Waals surface area contributed by atoms with Crippen LogP contribution < -0.4 is 21.8 Å². The Hall–Kier alpha value is -4.40. The van der Waals surface area contributed by atoms with Crippen molar-refractivity contribution in [3.05, 3.63) is 93.3 Å². The van der Waals surface area contributed by atoms with Gasteiger partial charge in [0.05, 0.1) is 23.0 Å². The molecule has 0 radical (unpaired) electrons. The number of amides is 2. The molecule has 2 heterocycles. The first-order valence-electron chi connectivity index (χ1n) is 9.08. The van der Waals surface area contributed by atoms with Gasteiger partial charge in [-0.3, -0.25) is 29.4 Å². The summed E-state index contributed by atoms with van der Waals surface area (Å²) in [4.78, 5) is 48.7. The molecule has 0 aliphatic carbocycles. The van der Waals surface area contributed by atoms with Crippen LogP contribution in [-0.2, 0) is 4.79 Å². The molecule has 2 aromatic carbocycles. The number of carbonyl (C=O) groups is 2. The molecule has 0 spiro atoms. The Morgan fingerprint density at radius 1 is 0.900 bits per heavy atom. The van der Waals surface area contributed by atoms with Crippen molar-refractivity contribution in [1.82, 2.24) is 20.1 Å². The summed E-state index contributed by atoms with van der Waals surface area (Å²) in [7, 11) is 0. The highest BCUT2D eigenvalue weighted by atomic mass is 16.2. The molecule has 0 saturated carbocycles. The molecule has 0 aliphatic rings. The second kappa shape index (κ2) is 7.92. The van der Waals surface area contributed by atoms with E-state index < -0.39 is 22.9 Å². The van der Waals surface area contributed by atoms with Crippen molar-refractivity contribution in [1.29, 1.82) is 0 Å². The van der Waals surface area contributed by atoms with E-state index in [1.165, 1.54) is 12.1 Å². The number of nitrogens with zero attached hydrogens (tertiary/aromatic N) is 1. The number of rotatable bonds is 5. The van der Waals surface area contributed by atoms with Crippen LogP contribution in [0.4, 0.5) is 5.69 Å². The maximum atomic E-state index is 12.4. The van der Waals surface area contributed by atoms with Crippen LogP contribution in [0.2, 0.25) is 0 Å². The summed E-state index contributed by atoms with van der Waals surface area (Å²) in [5, 5.41) is 9.80. The van der Waals surface area contributed by atoms with Gasteiger partial charge in [-0.25, -0.2) is 0 Å². The van der Waals surface area contributed by atoms with E-state index in [2.05, 4.69) is 20.8 Å². The molecule has 0 bridgehead atoms. The second-order valence-corrected chi connectivity index (χ2v) is 6.51. The smallest absolute Gasteiger partial charge is 0.272 e. The molecule has 0 fully saturated rings. The van der Waals surface area contributed by atoms with E-state index in [-0.39, 0.29) is 23.0 Å². The van der Waals surface area contributed by atoms with Crippen molar-refractivity contribution in [2.75, 3.05) is 11.9 Å². The largest absolute Gasteiger partial charge is 0.343 e. The lowest BCUT2D eigenvalue weighted by atomic mass is 10.1.